The molecule has 0 spiro atoms. The highest BCUT2D eigenvalue weighted by atomic mass is 16.5. The number of piperazine rings is 1. The topological polar surface area (TPSA) is 62.8 Å². The van der Waals surface area contributed by atoms with Gasteiger partial charge in [-0.25, -0.2) is 0 Å². The van der Waals surface area contributed by atoms with E-state index in [1.807, 2.05) is 24.3 Å². The summed E-state index contributed by atoms with van der Waals surface area (Å²) in [5, 5.41) is 6.31. The summed E-state index contributed by atoms with van der Waals surface area (Å²) in [6.45, 7) is 6.98. The monoisotopic (exact) mass is 321 g/mol. The molecule has 0 unspecified atom stereocenters. The van der Waals surface area contributed by atoms with Gasteiger partial charge in [-0.1, -0.05) is 12.1 Å². The Morgan fingerprint density at radius 3 is 3.09 bits per heavy atom. The van der Waals surface area contributed by atoms with Gasteiger partial charge >= 0.3 is 0 Å². The van der Waals surface area contributed by atoms with Crippen LogP contribution in [0, 0.1) is 0 Å². The van der Waals surface area contributed by atoms with E-state index in [4.69, 9.17) is 9.47 Å². The molecule has 0 radical (unpaired) electrons. The average molecular weight is 321 g/mol. The van der Waals surface area contributed by atoms with Crippen LogP contribution >= 0.6 is 0 Å². The van der Waals surface area contributed by atoms with Crippen molar-refractivity contribution in [3.63, 3.8) is 0 Å². The Hall–Kier alpha value is -1.63. The van der Waals surface area contributed by atoms with Gasteiger partial charge in [0.05, 0.1) is 13.2 Å². The van der Waals surface area contributed by atoms with Crippen LogP contribution in [0.25, 0.3) is 0 Å². The maximum atomic E-state index is 12.1. The highest BCUT2D eigenvalue weighted by molar-refractivity contribution is 5.78. The number of nitrogens with one attached hydrogen (secondary N) is 2. The largest absolute Gasteiger partial charge is 0.491 e. The number of ether oxygens (including phenoxy) is 2. The van der Waals surface area contributed by atoms with Gasteiger partial charge in [0.1, 0.15) is 12.4 Å². The van der Waals surface area contributed by atoms with Gasteiger partial charge < -0.3 is 20.1 Å². The Kier molecular flexibility index (Phi) is 7.32. The third-order valence-corrected chi connectivity index (χ3v) is 3.93. The highest BCUT2D eigenvalue weighted by Gasteiger charge is 2.19. The van der Waals surface area contributed by atoms with Gasteiger partial charge in [-0.15, -0.1) is 0 Å². The Labute approximate surface area is 138 Å². The van der Waals surface area contributed by atoms with Crippen molar-refractivity contribution in [3.05, 3.63) is 29.8 Å². The number of methoxy groups -OCH3 is 1. The van der Waals surface area contributed by atoms with Gasteiger partial charge in [-0.05, 0) is 24.6 Å². The molecule has 0 saturated carbocycles. The molecule has 2 rings (SSSR count). The van der Waals surface area contributed by atoms with E-state index in [1.54, 1.807) is 7.11 Å². The summed E-state index contributed by atoms with van der Waals surface area (Å²) in [7, 11) is 1.65. The smallest absolute Gasteiger partial charge is 0.234 e. The number of hydrogen-bond acceptors (Lipinski definition) is 5. The van der Waals surface area contributed by atoms with Crippen molar-refractivity contribution in [1.29, 1.82) is 0 Å². The number of carbonyl (C=O) groups is 1. The molecule has 2 N–H and O–H groups in total. The van der Waals surface area contributed by atoms with Crippen molar-refractivity contribution in [1.82, 2.24) is 15.5 Å². The van der Waals surface area contributed by atoms with Crippen LogP contribution < -0.4 is 15.4 Å². The lowest BCUT2D eigenvalue weighted by atomic mass is 10.2. The van der Waals surface area contributed by atoms with Gasteiger partial charge in [-0.2, -0.15) is 0 Å². The van der Waals surface area contributed by atoms with Crippen molar-refractivity contribution in [2.24, 2.45) is 0 Å². The van der Waals surface area contributed by atoms with Gasteiger partial charge in [-0.3, -0.25) is 9.69 Å². The van der Waals surface area contributed by atoms with E-state index in [2.05, 4.69) is 22.5 Å². The highest BCUT2D eigenvalue weighted by Crippen LogP contribution is 2.13. The molecule has 23 heavy (non-hydrogen) atoms. The fourth-order valence-electron chi connectivity index (χ4n) is 2.55. The molecule has 1 aliphatic heterocycles. The molecule has 6 nitrogen and oxygen atoms in total. The molecule has 128 valence electrons. The molecule has 0 aromatic heterocycles. The van der Waals surface area contributed by atoms with Crippen LogP contribution in [-0.4, -0.2) is 63.4 Å². The van der Waals surface area contributed by atoms with E-state index in [9.17, 15) is 4.79 Å². The zero-order valence-corrected chi connectivity index (χ0v) is 14.0. The fraction of sp³-hybridized carbons (Fsp3) is 0.588. The van der Waals surface area contributed by atoms with Crippen LogP contribution in [0.15, 0.2) is 24.3 Å². The normalized spacial score (nSPS) is 18.6. The molecular weight excluding hydrogens is 294 g/mol. The molecule has 1 aromatic rings. The zero-order chi connectivity index (χ0) is 16.5. The minimum Gasteiger partial charge on any atom is -0.491 e. The first-order valence-corrected chi connectivity index (χ1v) is 8.11. The first kappa shape index (κ1) is 17.7. The summed E-state index contributed by atoms with van der Waals surface area (Å²) >= 11 is 0. The van der Waals surface area contributed by atoms with E-state index >= 15 is 0 Å². The third kappa shape index (κ3) is 6.17. The standard InChI is InChI=1S/C17H27N3O3/c1-14-11-18-6-7-20(14)13-17(21)19-12-15-4-3-5-16(10-15)23-9-8-22-2/h3-5,10,14,18H,6-9,11-13H2,1-2H3,(H,19,21)/t14-/m1/s1. The molecule has 1 fully saturated rings. The van der Waals surface area contributed by atoms with E-state index in [1.165, 1.54) is 0 Å². The lowest BCUT2D eigenvalue weighted by molar-refractivity contribution is -0.123. The van der Waals surface area contributed by atoms with Crippen LogP contribution in [0.1, 0.15) is 12.5 Å². The van der Waals surface area contributed by atoms with Crippen molar-refractivity contribution in [3.8, 4) is 5.75 Å². The SMILES string of the molecule is COCCOc1cccc(CNC(=O)CN2CCNC[C@H]2C)c1. The number of hydrogen-bond donors (Lipinski definition) is 2. The Balaban J connectivity index is 1.76. The lowest BCUT2D eigenvalue weighted by Gasteiger charge is -2.33. The predicted molar refractivity (Wildman–Crippen MR) is 89.6 cm³/mol. The number of rotatable bonds is 8. The van der Waals surface area contributed by atoms with Crippen LogP contribution in [0.4, 0.5) is 0 Å². The Morgan fingerprint density at radius 1 is 1.43 bits per heavy atom. The number of carbonyl (C=O) groups excluding carboxylic acids is 1. The molecule has 6 heteroatoms. The Morgan fingerprint density at radius 2 is 2.30 bits per heavy atom. The molecule has 1 amide bonds. The van der Waals surface area contributed by atoms with Crippen molar-refractivity contribution >= 4 is 5.91 Å². The minimum absolute atomic E-state index is 0.0597. The van der Waals surface area contributed by atoms with Crippen LogP contribution in [-0.2, 0) is 16.1 Å². The van der Waals surface area contributed by atoms with Crippen molar-refractivity contribution in [2.75, 3.05) is 46.5 Å². The van der Waals surface area contributed by atoms with Gasteiger partial charge in [0, 0.05) is 39.3 Å². The third-order valence-electron chi connectivity index (χ3n) is 3.93. The predicted octanol–water partition coefficient (Wildman–Crippen LogP) is 0.622. The van der Waals surface area contributed by atoms with Gasteiger partial charge in [0.15, 0.2) is 0 Å². The molecule has 1 heterocycles. The van der Waals surface area contributed by atoms with Crippen LogP contribution in [0.2, 0.25) is 0 Å². The summed E-state index contributed by atoms with van der Waals surface area (Å²) in [4.78, 5) is 14.3. The van der Waals surface area contributed by atoms with Crippen molar-refractivity contribution in [2.45, 2.75) is 19.5 Å². The summed E-state index contributed by atoms with van der Waals surface area (Å²) in [5.41, 5.74) is 1.03. The first-order valence-electron chi connectivity index (χ1n) is 8.11. The summed E-state index contributed by atoms with van der Waals surface area (Å²) in [6, 6.07) is 8.16. The van der Waals surface area contributed by atoms with E-state index < -0.39 is 0 Å². The second-order valence-corrected chi connectivity index (χ2v) is 5.79. The molecule has 1 aromatic carbocycles. The quantitative estimate of drug-likeness (QED) is 0.688. The fourth-order valence-corrected chi connectivity index (χ4v) is 2.55. The Bertz CT molecular complexity index is 496. The first-order chi connectivity index (χ1) is 11.2. The molecule has 1 aliphatic rings. The maximum Gasteiger partial charge on any atom is 0.234 e. The maximum absolute atomic E-state index is 12.1. The number of amides is 1. The van der Waals surface area contributed by atoms with Crippen LogP contribution in [0.5, 0.6) is 5.75 Å². The molecule has 0 aliphatic carbocycles. The number of benzene rings is 1. The molecule has 0 bridgehead atoms. The second kappa shape index (κ2) is 9.50. The number of nitrogens with zero attached hydrogens (tertiary/aromatic N) is 1. The molecular formula is C17H27N3O3. The summed E-state index contributed by atoms with van der Waals surface area (Å²) < 4.78 is 10.5. The second-order valence-electron chi connectivity index (χ2n) is 5.79. The summed E-state index contributed by atoms with van der Waals surface area (Å²) in [6.07, 6.45) is 0. The van der Waals surface area contributed by atoms with E-state index in [-0.39, 0.29) is 5.91 Å². The summed E-state index contributed by atoms with van der Waals surface area (Å²) in [5.74, 6) is 0.856. The van der Waals surface area contributed by atoms with E-state index in [0.29, 0.717) is 32.3 Å². The molecule has 1 atom stereocenters. The van der Waals surface area contributed by atoms with Crippen molar-refractivity contribution < 1.29 is 14.3 Å². The van der Waals surface area contributed by atoms with Crippen LogP contribution in [0.3, 0.4) is 0 Å². The zero-order valence-electron chi connectivity index (χ0n) is 14.0. The lowest BCUT2D eigenvalue weighted by Crippen LogP contribution is -2.52. The van der Waals surface area contributed by atoms with E-state index in [0.717, 1.165) is 30.9 Å². The minimum atomic E-state index is 0.0597. The van der Waals surface area contributed by atoms with Gasteiger partial charge in [0.25, 0.3) is 0 Å². The average Bonchev–Trinajstić information content (AvgIpc) is 2.56. The van der Waals surface area contributed by atoms with Gasteiger partial charge in [0.2, 0.25) is 5.91 Å². The molecule has 1 saturated heterocycles.